The number of benzene rings is 1. The number of halogens is 1. The van der Waals surface area contributed by atoms with Crippen LogP contribution in [0.5, 0.6) is 0 Å². The highest BCUT2D eigenvalue weighted by Gasteiger charge is 2.08. The average Bonchev–Trinajstić information content (AvgIpc) is 2.32. The Morgan fingerprint density at radius 3 is 2.59 bits per heavy atom. The molecule has 0 amide bonds. The molecule has 1 atom stereocenters. The summed E-state index contributed by atoms with van der Waals surface area (Å²) >= 11 is 0. The molecular weight excluding hydrogens is 217 g/mol. The molecule has 2 nitrogen and oxygen atoms in total. The summed E-state index contributed by atoms with van der Waals surface area (Å²) in [4.78, 5) is 4.08. The van der Waals surface area contributed by atoms with E-state index in [-0.39, 0.29) is 5.82 Å². The largest absolute Gasteiger partial charge is 0.388 e. The Hall–Kier alpha value is -1.74. The van der Waals surface area contributed by atoms with E-state index < -0.39 is 6.10 Å². The van der Waals surface area contributed by atoms with Crippen molar-refractivity contribution in [3.63, 3.8) is 0 Å². The van der Waals surface area contributed by atoms with Gasteiger partial charge in [-0.25, -0.2) is 4.39 Å². The van der Waals surface area contributed by atoms with Crippen LogP contribution in [0.15, 0.2) is 42.6 Å². The van der Waals surface area contributed by atoms with Gasteiger partial charge in [0.15, 0.2) is 0 Å². The lowest BCUT2D eigenvalue weighted by molar-refractivity contribution is 0.178. The smallest absolute Gasteiger partial charge is 0.123 e. The topological polar surface area (TPSA) is 33.1 Å². The zero-order chi connectivity index (χ0) is 12.3. The summed E-state index contributed by atoms with van der Waals surface area (Å²) in [6, 6.07) is 9.83. The van der Waals surface area contributed by atoms with E-state index in [1.165, 1.54) is 12.1 Å². The molecule has 0 spiro atoms. The van der Waals surface area contributed by atoms with Gasteiger partial charge in [-0.2, -0.15) is 0 Å². The number of aryl methyl sites for hydroxylation is 1. The van der Waals surface area contributed by atoms with E-state index in [9.17, 15) is 9.50 Å². The van der Waals surface area contributed by atoms with Crippen molar-refractivity contribution in [2.45, 2.75) is 19.4 Å². The highest BCUT2D eigenvalue weighted by molar-refractivity contribution is 5.22. The molecule has 1 aromatic carbocycles. The molecule has 1 heterocycles. The van der Waals surface area contributed by atoms with Crippen LogP contribution in [0.4, 0.5) is 4.39 Å². The number of aromatic nitrogens is 1. The van der Waals surface area contributed by atoms with Gasteiger partial charge in [0.05, 0.1) is 6.10 Å². The van der Waals surface area contributed by atoms with Crippen LogP contribution >= 0.6 is 0 Å². The fourth-order valence-electron chi connectivity index (χ4n) is 1.74. The van der Waals surface area contributed by atoms with Gasteiger partial charge in [0, 0.05) is 18.3 Å². The van der Waals surface area contributed by atoms with E-state index in [1.54, 1.807) is 24.4 Å². The molecule has 1 N–H and O–H groups in total. The van der Waals surface area contributed by atoms with Gasteiger partial charge in [-0.1, -0.05) is 12.1 Å². The normalized spacial score (nSPS) is 12.4. The molecule has 0 bridgehead atoms. The standard InChI is InChI=1S/C14H14FNO/c1-10-8-12(6-7-16-10)14(17)9-11-2-4-13(15)5-3-11/h2-8,14,17H,9H2,1H3. The van der Waals surface area contributed by atoms with Crippen LogP contribution in [0.25, 0.3) is 0 Å². The van der Waals surface area contributed by atoms with Crippen LogP contribution in [0.3, 0.4) is 0 Å². The molecule has 0 aliphatic carbocycles. The Morgan fingerprint density at radius 2 is 1.94 bits per heavy atom. The van der Waals surface area contributed by atoms with Crippen molar-refractivity contribution in [2.75, 3.05) is 0 Å². The second-order valence-corrected chi connectivity index (χ2v) is 4.08. The lowest BCUT2D eigenvalue weighted by atomic mass is 10.0. The maximum atomic E-state index is 12.7. The zero-order valence-corrected chi connectivity index (χ0v) is 9.60. The van der Waals surface area contributed by atoms with Crippen LogP contribution in [-0.2, 0) is 6.42 Å². The van der Waals surface area contributed by atoms with E-state index in [4.69, 9.17) is 0 Å². The van der Waals surface area contributed by atoms with Gasteiger partial charge in [0.25, 0.3) is 0 Å². The van der Waals surface area contributed by atoms with Crippen molar-refractivity contribution in [3.8, 4) is 0 Å². The molecule has 2 rings (SSSR count). The Balaban J connectivity index is 2.11. The van der Waals surface area contributed by atoms with Crippen LogP contribution < -0.4 is 0 Å². The van der Waals surface area contributed by atoms with Crippen molar-refractivity contribution >= 4 is 0 Å². The Bertz CT molecular complexity index is 496. The molecule has 0 saturated carbocycles. The minimum atomic E-state index is -0.581. The van der Waals surface area contributed by atoms with Gasteiger partial charge in [-0.05, 0) is 42.3 Å². The maximum absolute atomic E-state index is 12.7. The van der Waals surface area contributed by atoms with E-state index in [0.29, 0.717) is 6.42 Å². The second kappa shape index (κ2) is 5.06. The molecule has 1 unspecified atom stereocenters. The molecule has 2 aromatic rings. The third kappa shape index (κ3) is 3.11. The van der Waals surface area contributed by atoms with Crippen LogP contribution in [0, 0.1) is 12.7 Å². The minimum Gasteiger partial charge on any atom is -0.388 e. The van der Waals surface area contributed by atoms with Crippen LogP contribution in [-0.4, -0.2) is 10.1 Å². The highest BCUT2D eigenvalue weighted by atomic mass is 19.1. The fraction of sp³-hybridized carbons (Fsp3) is 0.214. The molecule has 3 heteroatoms. The van der Waals surface area contributed by atoms with Gasteiger partial charge in [0.2, 0.25) is 0 Å². The first kappa shape index (κ1) is 11.7. The summed E-state index contributed by atoms with van der Waals surface area (Å²) in [5.74, 6) is -0.261. The number of aliphatic hydroxyl groups is 1. The molecule has 88 valence electrons. The molecule has 0 fully saturated rings. The van der Waals surface area contributed by atoms with Crippen molar-refractivity contribution in [3.05, 3.63) is 65.2 Å². The Kier molecular flexibility index (Phi) is 3.49. The van der Waals surface area contributed by atoms with E-state index >= 15 is 0 Å². The quantitative estimate of drug-likeness (QED) is 0.881. The maximum Gasteiger partial charge on any atom is 0.123 e. The number of hydrogen-bond donors (Lipinski definition) is 1. The molecular formula is C14H14FNO. The summed E-state index contributed by atoms with van der Waals surface area (Å²) in [5, 5.41) is 10.0. The van der Waals surface area contributed by atoms with Crippen molar-refractivity contribution < 1.29 is 9.50 Å². The average molecular weight is 231 g/mol. The van der Waals surface area contributed by atoms with Gasteiger partial charge in [-0.15, -0.1) is 0 Å². The number of nitrogens with zero attached hydrogens (tertiary/aromatic N) is 1. The van der Waals surface area contributed by atoms with Crippen molar-refractivity contribution in [2.24, 2.45) is 0 Å². The summed E-state index contributed by atoms with van der Waals surface area (Å²) in [6.45, 7) is 1.88. The third-order valence-electron chi connectivity index (χ3n) is 2.65. The molecule has 17 heavy (non-hydrogen) atoms. The van der Waals surface area contributed by atoms with Gasteiger partial charge in [-0.3, -0.25) is 4.98 Å². The van der Waals surface area contributed by atoms with Crippen molar-refractivity contribution in [1.29, 1.82) is 0 Å². The number of pyridine rings is 1. The first-order chi connectivity index (χ1) is 8.15. The molecule has 0 aliphatic rings. The Labute approximate surface area is 99.8 Å². The van der Waals surface area contributed by atoms with Crippen molar-refractivity contribution in [1.82, 2.24) is 4.98 Å². The Morgan fingerprint density at radius 1 is 1.24 bits per heavy atom. The molecule has 0 radical (unpaired) electrons. The van der Waals surface area contributed by atoms with Gasteiger partial charge in [0.1, 0.15) is 5.82 Å². The lowest BCUT2D eigenvalue weighted by Gasteiger charge is -2.11. The highest BCUT2D eigenvalue weighted by Crippen LogP contribution is 2.18. The minimum absolute atomic E-state index is 0.261. The van der Waals surface area contributed by atoms with Gasteiger partial charge < -0.3 is 5.11 Å². The summed E-state index contributed by atoms with van der Waals surface area (Å²) in [7, 11) is 0. The molecule has 0 saturated heterocycles. The first-order valence-corrected chi connectivity index (χ1v) is 5.50. The number of hydrogen-bond acceptors (Lipinski definition) is 2. The summed E-state index contributed by atoms with van der Waals surface area (Å²) in [5.41, 5.74) is 2.62. The van der Waals surface area contributed by atoms with Crippen LogP contribution in [0.2, 0.25) is 0 Å². The second-order valence-electron chi connectivity index (χ2n) is 4.08. The zero-order valence-electron chi connectivity index (χ0n) is 9.60. The lowest BCUT2D eigenvalue weighted by Crippen LogP contribution is -2.02. The summed E-state index contributed by atoms with van der Waals surface area (Å²) in [6.07, 6.45) is 1.57. The predicted octanol–water partition coefficient (Wildman–Crippen LogP) is 2.81. The SMILES string of the molecule is Cc1cc(C(O)Cc2ccc(F)cc2)ccn1. The predicted molar refractivity (Wildman–Crippen MR) is 64.0 cm³/mol. The van der Waals surface area contributed by atoms with E-state index in [2.05, 4.69) is 4.98 Å². The first-order valence-electron chi connectivity index (χ1n) is 5.50. The number of rotatable bonds is 3. The molecule has 0 aliphatic heterocycles. The van der Waals surface area contributed by atoms with Gasteiger partial charge >= 0.3 is 0 Å². The molecule has 1 aromatic heterocycles. The van der Waals surface area contributed by atoms with Crippen LogP contribution in [0.1, 0.15) is 22.9 Å². The monoisotopic (exact) mass is 231 g/mol. The third-order valence-corrected chi connectivity index (χ3v) is 2.65. The fourth-order valence-corrected chi connectivity index (χ4v) is 1.74. The number of aliphatic hydroxyl groups excluding tert-OH is 1. The summed E-state index contributed by atoms with van der Waals surface area (Å²) < 4.78 is 12.7. The van der Waals surface area contributed by atoms with E-state index in [1.807, 2.05) is 13.0 Å². The van der Waals surface area contributed by atoms with E-state index in [0.717, 1.165) is 16.8 Å².